The Hall–Kier alpha value is -0.870. The molecule has 2 heterocycles. The minimum Gasteiger partial charge on any atom is -0.384 e. The molecule has 0 aliphatic carbocycles. The molecule has 1 aromatic heterocycles. The van der Waals surface area contributed by atoms with E-state index in [4.69, 9.17) is 0 Å². The van der Waals surface area contributed by atoms with E-state index in [0.717, 1.165) is 25.1 Å². The molecule has 1 aliphatic rings. The van der Waals surface area contributed by atoms with Gasteiger partial charge in [0, 0.05) is 19.3 Å². The van der Waals surface area contributed by atoms with Gasteiger partial charge in [0.05, 0.1) is 5.69 Å². The number of hydrogen-bond acceptors (Lipinski definition) is 3. The summed E-state index contributed by atoms with van der Waals surface area (Å²) in [4.78, 5) is 0. The van der Waals surface area contributed by atoms with Crippen LogP contribution >= 0.6 is 0 Å². The summed E-state index contributed by atoms with van der Waals surface area (Å²) in [6.07, 6.45) is 6.17. The predicted octanol–water partition coefficient (Wildman–Crippen LogP) is 1.16. The van der Waals surface area contributed by atoms with Gasteiger partial charge in [-0.05, 0) is 38.8 Å². The summed E-state index contributed by atoms with van der Waals surface area (Å²) in [5.41, 5.74) is 0.0974. The average molecular weight is 223 g/mol. The van der Waals surface area contributed by atoms with Crippen molar-refractivity contribution in [2.75, 3.05) is 6.54 Å². The summed E-state index contributed by atoms with van der Waals surface area (Å²) in [7, 11) is 1.87. The first-order valence-electron chi connectivity index (χ1n) is 6.04. The maximum Gasteiger partial charge on any atom is 0.105 e. The maximum absolute atomic E-state index is 10.5. The van der Waals surface area contributed by atoms with Crippen LogP contribution in [0.1, 0.15) is 38.3 Å². The van der Waals surface area contributed by atoms with E-state index in [1.807, 2.05) is 20.0 Å². The van der Waals surface area contributed by atoms with E-state index < -0.39 is 5.60 Å². The van der Waals surface area contributed by atoms with Gasteiger partial charge in [-0.1, -0.05) is 6.42 Å². The topological polar surface area (TPSA) is 50.1 Å². The molecule has 0 aromatic carbocycles. The second-order valence-electron chi connectivity index (χ2n) is 4.96. The van der Waals surface area contributed by atoms with Crippen LogP contribution in [-0.2, 0) is 12.6 Å². The highest BCUT2D eigenvalue weighted by Gasteiger charge is 2.30. The zero-order valence-corrected chi connectivity index (χ0v) is 10.1. The lowest BCUT2D eigenvalue weighted by Gasteiger charge is -2.31. The molecule has 1 aliphatic heterocycles. The van der Waals surface area contributed by atoms with E-state index in [0.29, 0.717) is 6.04 Å². The largest absolute Gasteiger partial charge is 0.384 e. The van der Waals surface area contributed by atoms with Gasteiger partial charge in [0.2, 0.25) is 0 Å². The normalized spacial score (nSPS) is 25.3. The van der Waals surface area contributed by atoms with Crippen molar-refractivity contribution in [1.82, 2.24) is 15.1 Å². The van der Waals surface area contributed by atoms with Crippen molar-refractivity contribution in [3.8, 4) is 0 Å². The van der Waals surface area contributed by atoms with E-state index in [-0.39, 0.29) is 0 Å². The van der Waals surface area contributed by atoms with Gasteiger partial charge < -0.3 is 10.4 Å². The minimum atomic E-state index is -0.791. The Morgan fingerprint density at radius 1 is 1.62 bits per heavy atom. The third-order valence-electron chi connectivity index (χ3n) is 3.43. The first-order valence-corrected chi connectivity index (χ1v) is 6.04. The van der Waals surface area contributed by atoms with Crippen molar-refractivity contribution in [1.29, 1.82) is 0 Å². The van der Waals surface area contributed by atoms with Crippen LogP contribution in [0.25, 0.3) is 0 Å². The van der Waals surface area contributed by atoms with Gasteiger partial charge in [-0.3, -0.25) is 4.68 Å². The highest BCUT2D eigenvalue weighted by atomic mass is 16.3. The van der Waals surface area contributed by atoms with E-state index in [9.17, 15) is 5.11 Å². The van der Waals surface area contributed by atoms with E-state index in [1.165, 1.54) is 12.8 Å². The molecule has 1 aromatic rings. The molecule has 0 bridgehead atoms. The van der Waals surface area contributed by atoms with Crippen LogP contribution in [0.2, 0.25) is 0 Å². The van der Waals surface area contributed by atoms with Gasteiger partial charge in [0.1, 0.15) is 5.60 Å². The highest BCUT2D eigenvalue weighted by Crippen LogP contribution is 2.27. The zero-order chi connectivity index (χ0) is 11.6. The lowest BCUT2D eigenvalue weighted by atomic mass is 9.89. The monoisotopic (exact) mass is 223 g/mol. The van der Waals surface area contributed by atoms with Gasteiger partial charge in [-0.15, -0.1) is 0 Å². The van der Waals surface area contributed by atoms with Crippen LogP contribution in [0.3, 0.4) is 0 Å². The summed E-state index contributed by atoms with van der Waals surface area (Å²) in [5, 5.41) is 18.1. The first kappa shape index (κ1) is 11.6. The summed E-state index contributed by atoms with van der Waals surface area (Å²) in [5.74, 6) is 0. The number of aryl methyl sites for hydroxylation is 1. The molecule has 2 N–H and O–H groups in total. The van der Waals surface area contributed by atoms with Crippen molar-refractivity contribution < 1.29 is 5.11 Å². The van der Waals surface area contributed by atoms with E-state index in [2.05, 4.69) is 10.4 Å². The standard InChI is InChI=1S/C12H21N3O/c1-12(16,11-6-8-14-15(11)2)9-10-5-3-4-7-13-10/h6,8,10,13,16H,3-5,7,9H2,1-2H3. The third-order valence-corrected chi connectivity index (χ3v) is 3.43. The Labute approximate surface area is 96.7 Å². The average Bonchev–Trinajstić information content (AvgIpc) is 2.66. The number of piperidine rings is 1. The second-order valence-corrected chi connectivity index (χ2v) is 4.96. The van der Waals surface area contributed by atoms with Crippen molar-refractivity contribution in [2.45, 2.75) is 44.2 Å². The van der Waals surface area contributed by atoms with E-state index >= 15 is 0 Å². The molecule has 1 fully saturated rings. The molecule has 0 saturated carbocycles. The Balaban J connectivity index is 2.04. The number of aliphatic hydroxyl groups is 1. The molecule has 0 radical (unpaired) electrons. The van der Waals surface area contributed by atoms with E-state index in [1.54, 1.807) is 10.9 Å². The summed E-state index contributed by atoms with van der Waals surface area (Å²) >= 11 is 0. The Kier molecular flexibility index (Phi) is 3.30. The summed E-state index contributed by atoms with van der Waals surface area (Å²) in [6, 6.07) is 2.32. The second kappa shape index (κ2) is 4.55. The molecule has 16 heavy (non-hydrogen) atoms. The molecule has 0 spiro atoms. The van der Waals surface area contributed by atoms with Gasteiger partial charge in [0.15, 0.2) is 0 Å². The number of aromatic nitrogens is 2. The molecule has 0 amide bonds. The molecule has 2 rings (SSSR count). The Morgan fingerprint density at radius 3 is 3.00 bits per heavy atom. The van der Waals surface area contributed by atoms with Crippen LogP contribution in [0.4, 0.5) is 0 Å². The minimum absolute atomic E-state index is 0.429. The first-order chi connectivity index (χ1) is 7.59. The molecule has 2 unspecified atom stereocenters. The number of hydrogen-bond donors (Lipinski definition) is 2. The number of nitrogens with one attached hydrogen (secondary N) is 1. The SMILES string of the molecule is Cn1nccc1C(C)(O)CC1CCCCN1. The lowest BCUT2D eigenvalue weighted by Crippen LogP contribution is -2.40. The van der Waals surface area contributed by atoms with Crippen LogP contribution < -0.4 is 5.32 Å². The van der Waals surface area contributed by atoms with Gasteiger partial charge in [-0.2, -0.15) is 5.10 Å². The fourth-order valence-corrected chi connectivity index (χ4v) is 2.58. The van der Waals surface area contributed by atoms with Crippen molar-refractivity contribution >= 4 is 0 Å². The lowest BCUT2D eigenvalue weighted by molar-refractivity contribution is 0.0254. The van der Waals surface area contributed by atoms with Crippen LogP contribution in [0.5, 0.6) is 0 Å². The molecular weight excluding hydrogens is 202 g/mol. The fraction of sp³-hybridized carbons (Fsp3) is 0.750. The third kappa shape index (κ3) is 2.44. The van der Waals surface area contributed by atoms with Gasteiger partial charge >= 0.3 is 0 Å². The zero-order valence-electron chi connectivity index (χ0n) is 10.1. The maximum atomic E-state index is 10.5. The van der Waals surface area contributed by atoms with Crippen molar-refractivity contribution in [3.63, 3.8) is 0 Å². The molecular formula is C12H21N3O. The molecule has 1 saturated heterocycles. The van der Waals surface area contributed by atoms with Crippen LogP contribution in [0, 0.1) is 0 Å². The molecule has 4 nitrogen and oxygen atoms in total. The summed E-state index contributed by atoms with van der Waals surface area (Å²) in [6.45, 7) is 2.95. The van der Waals surface area contributed by atoms with Crippen LogP contribution in [0.15, 0.2) is 12.3 Å². The molecule has 2 atom stereocenters. The smallest absolute Gasteiger partial charge is 0.105 e. The van der Waals surface area contributed by atoms with Gasteiger partial charge in [0.25, 0.3) is 0 Å². The molecule has 90 valence electrons. The summed E-state index contributed by atoms with van der Waals surface area (Å²) < 4.78 is 1.75. The van der Waals surface area contributed by atoms with Gasteiger partial charge in [-0.25, -0.2) is 0 Å². The van der Waals surface area contributed by atoms with Crippen molar-refractivity contribution in [3.05, 3.63) is 18.0 Å². The Morgan fingerprint density at radius 2 is 2.44 bits per heavy atom. The number of rotatable bonds is 3. The fourth-order valence-electron chi connectivity index (χ4n) is 2.58. The predicted molar refractivity (Wildman–Crippen MR) is 63.0 cm³/mol. The van der Waals surface area contributed by atoms with Crippen LogP contribution in [-0.4, -0.2) is 27.5 Å². The highest BCUT2D eigenvalue weighted by molar-refractivity contribution is 5.11. The Bertz CT molecular complexity index is 340. The quantitative estimate of drug-likeness (QED) is 0.808. The van der Waals surface area contributed by atoms with Crippen molar-refractivity contribution in [2.24, 2.45) is 7.05 Å². The molecule has 4 heteroatoms. The number of nitrogens with zero attached hydrogens (tertiary/aromatic N) is 2.